The lowest BCUT2D eigenvalue weighted by Crippen LogP contribution is -2.38. The van der Waals surface area contributed by atoms with Crippen LogP contribution in [0.3, 0.4) is 0 Å². The SMILES string of the molecule is O=C(OCc1nnc(-c2ccc(N3CCC(Oc4cc(F)ccc4Cl)CC3)cc2)s1)c1ccccc1. The molecule has 1 fully saturated rings. The average molecular weight is 524 g/mol. The Hall–Kier alpha value is -3.49. The van der Waals surface area contributed by atoms with Crippen molar-refractivity contribution in [1.82, 2.24) is 10.2 Å². The summed E-state index contributed by atoms with van der Waals surface area (Å²) in [7, 11) is 0. The van der Waals surface area contributed by atoms with Gasteiger partial charge >= 0.3 is 5.97 Å². The molecular weight excluding hydrogens is 501 g/mol. The molecule has 0 bridgehead atoms. The highest BCUT2D eigenvalue weighted by molar-refractivity contribution is 7.14. The number of hydrogen-bond acceptors (Lipinski definition) is 7. The molecule has 0 saturated carbocycles. The third-order valence-corrected chi connectivity index (χ3v) is 7.17. The second-order valence-electron chi connectivity index (χ2n) is 8.37. The van der Waals surface area contributed by atoms with Crippen molar-refractivity contribution in [3.05, 3.63) is 94.2 Å². The van der Waals surface area contributed by atoms with Gasteiger partial charge in [0.15, 0.2) is 5.01 Å². The van der Waals surface area contributed by atoms with Gasteiger partial charge in [-0.05, 0) is 48.5 Å². The molecule has 0 aliphatic carbocycles. The molecule has 36 heavy (non-hydrogen) atoms. The molecule has 0 radical (unpaired) electrons. The van der Waals surface area contributed by atoms with Crippen LogP contribution in [0.15, 0.2) is 72.8 Å². The zero-order valence-electron chi connectivity index (χ0n) is 19.3. The molecule has 0 N–H and O–H groups in total. The van der Waals surface area contributed by atoms with Crippen LogP contribution in [0.4, 0.5) is 10.1 Å². The van der Waals surface area contributed by atoms with Gasteiger partial charge in [-0.3, -0.25) is 0 Å². The fourth-order valence-electron chi connectivity index (χ4n) is 4.01. The molecule has 2 heterocycles. The lowest BCUT2D eigenvalue weighted by atomic mass is 10.1. The summed E-state index contributed by atoms with van der Waals surface area (Å²) in [6.45, 7) is 1.74. The van der Waals surface area contributed by atoms with Crippen molar-refractivity contribution >= 4 is 34.6 Å². The summed E-state index contributed by atoms with van der Waals surface area (Å²) in [5, 5.41) is 10.2. The van der Waals surface area contributed by atoms with Crippen LogP contribution in [0.1, 0.15) is 28.2 Å². The second kappa shape index (κ2) is 11.1. The average Bonchev–Trinajstić information content (AvgIpc) is 3.40. The summed E-state index contributed by atoms with van der Waals surface area (Å²) >= 11 is 7.53. The lowest BCUT2D eigenvalue weighted by Gasteiger charge is -2.34. The van der Waals surface area contributed by atoms with Crippen LogP contribution < -0.4 is 9.64 Å². The van der Waals surface area contributed by atoms with E-state index in [4.69, 9.17) is 21.1 Å². The van der Waals surface area contributed by atoms with E-state index in [9.17, 15) is 9.18 Å². The third kappa shape index (κ3) is 5.83. The number of rotatable bonds is 7. The maximum Gasteiger partial charge on any atom is 0.338 e. The molecule has 1 aromatic heterocycles. The number of carbonyl (C=O) groups is 1. The quantitative estimate of drug-likeness (QED) is 0.261. The van der Waals surface area contributed by atoms with E-state index in [1.807, 2.05) is 18.2 Å². The fourth-order valence-corrected chi connectivity index (χ4v) is 4.93. The van der Waals surface area contributed by atoms with Gasteiger partial charge in [0.25, 0.3) is 0 Å². The molecular formula is C27H23ClFN3O3S. The van der Waals surface area contributed by atoms with E-state index in [1.165, 1.54) is 29.5 Å². The number of halogens is 2. The summed E-state index contributed by atoms with van der Waals surface area (Å²) in [5.74, 6) is -0.349. The molecule has 3 aromatic carbocycles. The topological polar surface area (TPSA) is 64.5 Å². The Morgan fingerprint density at radius 1 is 1.03 bits per heavy atom. The number of aromatic nitrogens is 2. The summed E-state index contributed by atoms with van der Waals surface area (Å²) in [6.07, 6.45) is 1.63. The van der Waals surface area contributed by atoms with Crippen LogP contribution in [-0.4, -0.2) is 35.4 Å². The van der Waals surface area contributed by atoms with Crippen LogP contribution in [0.2, 0.25) is 5.02 Å². The highest BCUT2D eigenvalue weighted by Gasteiger charge is 2.22. The highest BCUT2D eigenvalue weighted by atomic mass is 35.5. The molecule has 1 aliphatic rings. The van der Waals surface area contributed by atoms with Crippen molar-refractivity contribution in [2.75, 3.05) is 18.0 Å². The summed E-state index contributed by atoms with van der Waals surface area (Å²) in [5.41, 5.74) is 2.57. The molecule has 4 aromatic rings. The number of esters is 1. The summed E-state index contributed by atoms with van der Waals surface area (Å²) in [4.78, 5) is 14.4. The Labute approximate surface area is 217 Å². The maximum absolute atomic E-state index is 13.5. The Morgan fingerprint density at radius 3 is 2.53 bits per heavy atom. The van der Waals surface area contributed by atoms with E-state index < -0.39 is 0 Å². The predicted molar refractivity (Wildman–Crippen MR) is 138 cm³/mol. The van der Waals surface area contributed by atoms with E-state index in [1.54, 1.807) is 24.3 Å². The Kier molecular flexibility index (Phi) is 7.44. The van der Waals surface area contributed by atoms with E-state index in [0.717, 1.165) is 42.2 Å². The van der Waals surface area contributed by atoms with Gasteiger partial charge in [-0.25, -0.2) is 9.18 Å². The molecule has 0 amide bonds. The van der Waals surface area contributed by atoms with Crippen molar-refractivity contribution < 1.29 is 18.7 Å². The van der Waals surface area contributed by atoms with Gasteiger partial charge in [-0.1, -0.05) is 41.1 Å². The first kappa shape index (κ1) is 24.2. The number of nitrogens with zero attached hydrogens (tertiary/aromatic N) is 3. The number of hydrogen-bond donors (Lipinski definition) is 0. The first-order chi connectivity index (χ1) is 17.5. The lowest BCUT2D eigenvalue weighted by molar-refractivity contribution is 0.0471. The van der Waals surface area contributed by atoms with E-state index in [-0.39, 0.29) is 24.5 Å². The molecule has 0 unspecified atom stereocenters. The molecule has 0 atom stereocenters. The smallest absolute Gasteiger partial charge is 0.338 e. The zero-order valence-corrected chi connectivity index (χ0v) is 20.8. The van der Waals surface area contributed by atoms with Gasteiger partial charge in [-0.2, -0.15) is 0 Å². The number of piperidine rings is 1. The first-order valence-corrected chi connectivity index (χ1v) is 12.8. The van der Waals surface area contributed by atoms with Crippen molar-refractivity contribution in [3.8, 4) is 16.3 Å². The van der Waals surface area contributed by atoms with Crippen LogP contribution in [0.25, 0.3) is 10.6 Å². The van der Waals surface area contributed by atoms with E-state index in [0.29, 0.717) is 21.3 Å². The summed E-state index contributed by atoms with van der Waals surface area (Å²) in [6, 6.07) is 21.2. The van der Waals surface area contributed by atoms with Crippen molar-refractivity contribution in [2.24, 2.45) is 0 Å². The predicted octanol–water partition coefficient (Wildman–Crippen LogP) is 6.40. The minimum absolute atomic E-state index is 0.00405. The van der Waals surface area contributed by atoms with Gasteiger partial charge < -0.3 is 14.4 Å². The molecule has 0 spiro atoms. The van der Waals surface area contributed by atoms with Gasteiger partial charge in [0.1, 0.15) is 29.3 Å². The molecule has 6 nitrogen and oxygen atoms in total. The van der Waals surface area contributed by atoms with Crippen molar-refractivity contribution in [3.63, 3.8) is 0 Å². The largest absolute Gasteiger partial charge is 0.489 e. The fraction of sp³-hybridized carbons (Fsp3) is 0.222. The van der Waals surface area contributed by atoms with Crippen LogP contribution in [0, 0.1) is 5.82 Å². The molecule has 5 rings (SSSR count). The Bertz CT molecular complexity index is 1330. The van der Waals surface area contributed by atoms with Crippen molar-refractivity contribution in [2.45, 2.75) is 25.6 Å². The van der Waals surface area contributed by atoms with Crippen LogP contribution in [0.5, 0.6) is 5.75 Å². The van der Waals surface area contributed by atoms with Gasteiger partial charge in [0.05, 0.1) is 10.6 Å². The zero-order chi connectivity index (χ0) is 24.9. The number of ether oxygens (including phenoxy) is 2. The molecule has 9 heteroatoms. The normalized spacial score (nSPS) is 14.0. The van der Waals surface area contributed by atoms with Crippen LogP contribution >= 0.6 is 22.9 Å². The number of carbonyl (C=O) groups excluding carboxylic acids is 1. The second-order valence-corrected chi connectivity index (χ2v) is 9.84. The molecule has 1 saturated heterocycles. The molecule has 184 valence electrons. The van der Waals surface area contributed by atoms with Gasteiger partial charge in [0, 0.05) is 43.2 Å². The standard InChI is InChI=1S/C27H23ClFN3O3S/c28-23-11-8-20(29)16-24(23)35-22-12-14-32(15-13-22)21-9-6-18(7-10-21)26-31-30-25(36-26)17-34-27(33)19-4-2-1-3-5-19/h1-11,16,22H,12-15,17H2. The monoisotopic (exact) mass is 523 g/mol. The Balaban J connectivity index is 1.14. The minimum Gasteiger partial charge on any atom is -0.489 e. The van der Waals surface area contributed by atoms with Gasteiger partial charge in [-0.15, -0.1) is 10.2 Å². The van der Waals surface area contributed by atoms with E-state index in [2.05, 4.69) is 27.2 Å². The van der Waals surface area contributed by atoms with E-state index >= 15 is 0 Å². The highest BCUT2D eigenvalue weighted by Crippen LogP contribution is 2.30. The first-order valence-electron chi connectivity index (χ1n) is 11.6. The number of benzene rings is 3. The third-order valence-electron chi connectivity index (χ3n) is 5.91. The summed E-state index contributed by atoms with van der Waals surface area (Å²) < 4.78 is 24.8. The van der Waals surface area contributed by atoms with Crippen LogP contribution in [-0.2, 0) is 11.3 Å². The van der Waals surface area contributed by atoms with Crippen molar-refractivity contribution in [1.29, 1.82) is 0 Å². The molecule has 1 aliphatic heterocycles. The maximum atomic E-state index is 13.5. The minimum atomic E-state index is -0.384. The number of anilines is 1. The Morgan fingerprint density at radius 2 is 1.78 bits per heavy atom. The van der Waals surface area contributed by atoms with Gasteiger partial charge in [0.2, 0.25) is 0 Å².